The van der Waals surface area contributed by atoms with Crippen LogP contribution in [0.1, 0.15) is 45.4 Å². The molecule has 1 aliphatic rings. The number of amides is 1. The van der Waals surface area contributed by atoms with Gasteiger partial charge in [-0.1, -0.05) is 13.3 Å². The van der Waals surface area contributed by atoms with E-state index in [4.69, 9.17) is 4.42 Å². The Morgan fingerprint density at radius 1 is 1.33 bits per heavy atom. The number of carbonyl (C=O) groups excluding carboxylic acids is 1. The molecule has 1 aromatic heterocycles. The van der Waals surface area contributed by atoms with Crippen LogP contribution >= 0.6 is 0 Å². The Morgan fingerprint density at radius 3 is 2.89 bits per heavy atom. The Morgan fingerprint density at radius 2 is 2.15 bits per heavy atom. The highest BCUT2D eigenvalue weighted by Crippen LogP contribution is 2.25. The molecular weight excluding hydrogens is 366 g/mol. The Bertz CT molecular complexity index is 907. The van der Waals surface area contributed by atoms with Gasteiger partial charge in [0, 0.05) is 19.0 Å². The molecule has 2 aromatic rings. The van der Waals surface area contributed by atoms with E-state index in [9.17, 15) is 13.2 Å². The van der Waals surface area contributed by atoms with Gasteiger partial charge in [0.1, 0.15) is 5.52 Å². The lowest BCUT2D eigenvalue weighted by Crippen LogP contribution is -2.42. The molecule has 0 spiro atoms. The summed E-state index contributed by atoms with van der Waals surface area (Å²) in [5, 5.41) is 2.86. The van der Waals surface area contributed by atoms with Crippen LogP contribution in [0.2, 0.25) is 0 Å². The molecule has 0 radical (unpaired) electrons. The molecule has 0 saturated carbocycles. The van der Waals surface area contributed by atoms with Gasteiger partial charge >= 0.3 is 0 Å². The Hall–Kier alpha value is -1.93. The van der Waals surface area contributed by atoms with Crippen molar-refractivity contribution in [2.75, 3.05) is 18.8 Å². The summed E-state index contributed by atoms with van der Waals surface area (Å²) >= 11 is 0. The van der Waals surface area contributed by atoms with E-state index in [0.717, 1.165) is 25.8 Å². The molecule has 1 atom stereocenters. The van der Waals surface area contributed by atoms with Crippen LogP contribution in [-0.2, 0) is 21.2 Å². The van der Waals surface area contributed by atoms with Gasteiger partial charge in [-0.05, 0) is 44.5 Å². The second kappa shape index (κ2) is 8.39. The third kappa shape index (κ3) is 4.68. The van der Waals surface area contributed by atoms with Gasteiger partial charge in [-0.25, -0.2) is 13.4 Å². The molecule has 1 saturated heterocycles. The van der Waals surface area contributed by atoms with Crippen molar-refractivity contribution in [3.63, 3.8) is 0 Å². The van der Waals surface area contributed by atoms with Crippen molar-refractivity contribution >= 4 is 26.8 Å². The lowest BCUT2D eigenvalue weighted by Gasteiger charge is -2.34. The summed E-state index contributed by atoms with van der Waals surface area (Å²) in [6, 6.07) is 4.98. The maximum Gasteiger partial charge on any atom is 0.221 e. The summed E-state index contributed by atoms with van der Waals surface area (Å²) < 4.78 is 30.0. The van der Waals surface area contributed by atoms with Gasteiger partial charge in [0.2, 0.25) is 11.8 Å². The predicted molar refractivity (Wildman–Crippen MR) is 103 cm³/mol. The highest BCUT2D eigenvalue weighted by Gasteiger charge is 2.26. The zero-order valence-corrected chi connectivity index (χ0v) is 16.7. The van der Waals surface area contributed by atoms with E-state index in [2.05, 4.69) is 15.2 Å². The molecule has 1 unspecified atom stereocenters. The molecule has 2 heterocycles. The lowest BCUT2D eigenvalue weighted by molar-refractivity contribution is -0.122. The number of aromatic nitrogens is 1. The summed E-state index contributed by atoms with van der Waals surface area (Å²) in [5.74, 6) is 0.679. The number of carbonyl (C=O) groups is 1. The van der Waals surface area contributed by atoms with Gasteiger partial charge in [0.05, 0.1) is 17.2 Å². The molecule has 0 bridgehead atoms. The van der Waals surface area contributed by atoms with Crippen molar-refractivity contribution in [1.82, 2.24) is 15.2 Å². The van der Waals surface area contributed by atoms with E-state index in [1.807, 2.05) is 6.92 Å². The van der Waals surface area contributed by atoms with Crippen LogP contribution in [0.5, 0.6) is 0 Å². The van der Waals surface area contributed by atoms with Crippen molar-refractivity contribution in [3.05, 3.63) is 24.1 Å². The third-order valence-corrected chi connectivity index (χ3v) is 6.76. The number of nitrogens with zero attached hydrogens (tertiary/aromatic N) is 2. The van der Waals surface area contributed by atoms with Gasteiger partial charge in [-0.15, -0.1) is 0 Å². The summed E-state index contributed by atoms with van der Waals surface area (Å²) in [4.78, 5) is 19.0. The second-order valence-electron chi connectivity index (χ2n) is 6.92. The summed E-state index contributed by atoms with van der Waals surface area (Å²) in [6.07, 6.45) is 3.67. The Labute approximate surface area is 160 Å². The van der Waals surface area contributed by atoms with Crippen molar-refractivity contribution in [1.29, 1.82) is 0 Å². The fourth-order valence-corrected chi connectivity index (χ4v) is 4.44. The number of hydrogen-bond donors (Lipinski definition) is 1. The topological polar surface area (TPSA) is 92.5 Å². The minimum atomic E-state index is -3.27. The minimum Gasteiger partial charge on any atom is -0.439 e. The number of oxazole rings is 1. The molecule has 1 amide bonds. The van der Waals surface area contributed by atoms with Gasteiger partial charge in [0.15, 0.2) is 15.4 Å². The summed E-state index contributed by atoms with van der Waals surface area (Å²) in [6.45, 7) is 5.60. The number of fused-ring (bicyclic) bond motifs is 1. The number of sulfone groups is 1. The Balaban J connectivity index is 1.77. The summed E-state index contributed by atoms with van der Waals surface area (Å²) in [5.41, 5.74) is 1.13. The number of rotatable bonds is 7. The van der Waals surface area contributed by atoms with Crippen LogP contribution in [-0.4, -0.2) is 49.1 Å². The highest BCUT2D eigenvalue weighted by molar-refractivity contribution is 7.91. The largest absolute Gasteiger partial charge is 0.439 e. The first kappa shape index (κ1) is 19.8. The predicted octanol–water partition coefficient (Wildman–Crippen LogP) is 2.50. The van der Waals surface area contributed by atoms with Gasteiger partial charge in [-0.2, -0.15) is 0 Å². The average Bonchev–Trinajstić information content (AvgIpc) is 3.05. The molecule has 8 heteroatoms. The van der Waals surface area contributed by atoms with Crippen LogP contribution in [0.3, 0.4) is 0 Å². The van der Waals surface area contributed by atoms with Crippen molar-refractivity contribution in [3.8, 4) is 0 Å². The number of likely N-dealkylation sites (tertiary alicyclic amines) is 1. The highest BCUT2D eigenvalue weighted by atomic mass is 32.2. The molecular formula is C19H27N3O4S. The van der Waals surface area contributed by atoms with Crippen LogP contribution in [0.4, 0.5) is 0 Å². The first-order valence-electron chi connectivity index (χ1n) is 9.56. The first-order valence-corrected chi connectivity index (χ1v) is 11.2. The van der Waals surface area contributed by atoms with E-state index in [1.54, 1.807) is 25.1 Å². The van der Waals surface area contributed by atoms with Crippen molar-refractivity contribution in [2.45, 2.75) is 57.0 Å². The number of benzene rings is 1. The normalized spacial score (nSPS) is 18.7. The molecule has 1 aliphatic heterocycles. The zero-order chi connectivity index (χ0) is 19.4. The average molecular weight is 394 g/mol. The summed E-state index contributed by atoms with van der Waals surface area (Å²) in [7, 11) is -3.27. The molecule has 1 N–H and O–H groups in total. The standard InChI is InChI=1S/C19H27N3O4S/c1-3-20-18(23)11-14-7-5-6-10-22(14)13-19-21-16-12-15(27(24,25)4-2)8-9-17(16)26-19/h8-9,12,14H,3-7,10-11,13H2,1-2H3,(H,20,23). The van der Waals surface area contributed by atoms with Gasteiger partial charge in [0.25, 0.3) is 0 Å². The molecule has 7 nitrogen and oxygen atoms in total. The quantitative estimate of drug-likeness (QED) is 0.777. The Kier molecular flexibility index (Phi) is 6.16. The number of nitrogens with one attached hydrogen (secondary N) is 1. The maximum atomic E-state index is 12.1. The molecule has 27 heavy (non-hydrogen) atoms. The van der Waals surface area contributed by atoms with E-state index < -0.39 is 9.84 Å². The van der Waals surface area contributed by atoms with Crippen LogP contribution in [0, 0.1) is 0 Å². The van der Waals surface area contributed by atoms with Crippen LogP contribution in [0.25, 0.3) is 11.1 Å². The fourth-order valence-electron chi connectivity index (χ4n) is 3.54. The van der Waals surface area contributed by atoms with Crippen molar-refractivity contribution < 1.29 is 17.6 Å². The van der Waals surface area contributed by atoms with Crippen molar-refractivity contribution in [2.24, 2.45) is 0 Å². The SMILES string of the molecule is CCNC(=O)CC1CCCCN1Cc1nc2cc(S(=O)(=O)CC)ccc2o1. The lowest BCUT2D eigenvalue weighted by atomic mass is 9.99. The zero-order valence-electron chi connectivity index (χ0n) is 15.9. The van der Waals surface area contributed by atoms with Gasteiger partial charge in [-0.3, -0.25) is 9.69 Å². The number of hydrogen-bond acceptors (Lipinski definition) is 6. The minimum absolute atomic E-state index is 0.0541. The van der Waals surface area contributed by atoms with Crippen LogP contribution in [0.15, 0.2) is 27.5 Å². The van der Waals surface area contributed by atoms with E-state index in [1.165, 1.54) is 0 Å². The fraction of sp³-hybridized carbons (Fsp3) is 0.579. The van der Waals surface area contributed by atoms with Crippen LogP contribution < -0.4 is 5.32 Å². The molecule has 1 fully saturated rings. The van der Waals surface area contributed by atoms with E-state index >= 15 is 0 Å². The molecule has 3 rings (SSSR count). The number of piperidine rings is 1. The first-order chi connectivity index (χ1) is 12.9. The smallest absolute Gasteiger partial charge is 0.221 e. The molecule has 148 valence electrons. The second-order valence-corrected chi connectivity index (χ2v) is 9.20. The van der Waals surface area contributed by atoms with E-state index in [-0.39, 0.29) is 22.6 Å². The van der Waals surface area contributed by atoms with Gasteiger partial charge < -0.3 is 9.73 Å². The van der Waals surface area contributed by atoms with E-state index in [0.29, 0.717) is 36.5 Å². The molecule has 0 aliphatic carbocycles. The third-order valence-electron chi connectivity index (χ3n) is 5.02. The monoisotopic (exact) mass is 393 g/mol. The molecule has 1 aromatic carbocycles. The maximum absolute atomic E-state index is 12.1.